The minimum Gasteiger partial charge on any atom is -0.298 e. The zero-order chi connectivity index (χ0) is 20.9. The Morgan fingerprint density at radius 2 is 1.50 bits per heavy atom. The van der Waals surface area contributed by atoms with E-state index in [1.165, 1.54) is 10.4 Å². The highest BCUT2D eigenvalue weighted by Crippen LogP contribution is 2.32. The van der Waals surface area contributed by atoms with E-state index in [-0.39, 0.29) is 5.91 Å². The first-order valence-corrected chi connectivity index (χ1v) is 11.0. The third-order valence-corrected chi connectivity index (χ3v) is 6.00. The standard InChI is InChI=1S/C26H24N2OS/c1-3-7-23-24(21-12-10-18(2)11-13-21)27-26(30-23)28-25(29)22-16-14-20(15-17-22)19-8-5-4-6-9-19/h4-6,8-17H,3,7H2,1-2H3,(H,27,28,29). The van der Waals surface area contributed by atoms with Crippen LogP contribution in [0.4, 0.5) is 5.13 Å². The van der Waals surface area contributed by atoms with E-state index in [0.29, 0.717) is 10.7 Å². The molecule has 0 radical (unpaired) electrons. The van der Waals surface area contributed by atoms with Crippen LogP contribution < -0.4 is 5.32 Å². The maximum Gasteiger partial charge on any atom is 0.257 e. The molecule has 4 aromatic rings. The van der Waals surface area contributed by atoms with Gasteiger partial charge in [-0.05, 0) is 36.6 Å². The monoisotopic (exact) mass is 412 g/mol. The Hall–Kier alpha value is -3.24. The van der Waals surface area contributed by atoms with Gasteiger partial charge < -0.3 is 0 Å². The van der Waals surface area contributed by atoms with Crippen molar-refractivity contribution in [1.29, 1.82) is 0 Å². The average molecular weight is 413 g/mol. The number of nitrogens with one attached hydrogen (secondary N) is 1. The van der Waals surface area contributed by atoms with Crippen LogP contribution in [-0.2, 0) is 6.42 Å². The summed E-state index contributed by atoms with van der Waals surface area (Å²) in [4.78, 5) is 18.7. The quantitative estimate of drug-likeness (QED) is 0.371. The normalized spacial score (nSPS) is 10.7. The van der Waals surface area contributed by atoms with Gasteiger partial charge in [0.05, 0.1) is 5.69 Å². The third-order valence-electron chi connectivity index (χ3n) is 4.97. The maximum absolute atomic E-state index is 12.8. The fraction of sp³-hybridized carbons (Fsp3) is 0.154. The molecule has 3 aromatic carbocycles. The number of rotatable bonds is 6. The predicted octanol–water partition coefficient (Wildman–Crippen LogP) is 6.99. The fourth-order valence-corrected chi connectivity index (χ4v) is 4.43. The second-order valence-electron chi connectivity index (χ2n) is 7.30. The maximum atomic E-state index is 12.8. The van der Waals surface area contributed by atoms with Crippen molar-refractivity contribution in [3.63, 3.8) is 0 Å². The van der Waals surface area contributed by atoms with Crippen LogP contribution in [0.25, 0.3) is 22.4 Å². The van der Waals surface area contributed by atoms with Gasteiger partial charge in [-0.1, -0.05) is 85.6 Å². The number of amides is 1. The Morgan fingerprint density at radius 3 is 2.17 bits per heavy atom. The summed E-state index contributed by atoms with van der Waals surface area (Å²) >= 11 is 1.56. The molecule has 0 unspecified atom stereocenters. The summed E-state index contributed by atoms with van der Waals surface area (Å²) in [6.45, 7) is 4.23. The van der Waals surface area contributed by atoms with Crippen molar-refractivity contribution in [3.8, 4) is 22.4 Å². The molecule has 0 spiro atoms. The molecule has 0 aliphatic rings. The molecule has 0 saturated carbocycles. The Kier molecular flexibility index (Phi) is 6.05. The second kappa shape index (κ2) is 9.06. The first-order valence-electron chi connectivity index (χ1n) is 10.2. The number of nitrogens with zero attached hydrogens (tertiary/aromatic N) is 1. The van der Waals surface area contributed by atoms with Crippen molar-refractivity contribution in [2.75, 3.05) is 5.32 Å². The Bertz CT molecular complexity index is 1130. The number of aryl methyl sites for hydroxylation is 2. The molecule has 150 valence electrons. The van der Waals surface area contributed by atoms with Crippen LogP contribution in [0.2, 0.25) is 0 Å². The summed E-state index contributed by atoms with van der Waals surface area (Å²) < 4.78 is 0. The molecule has 0 bridgehead atoms. The van der Waals surface area contributed by atoms with Gasteiger partial charge in [-0.3, -0.25) is 10.1 Å². The van der Waals surface area contributed by atoms with Gasteiger partial charge >= 0.3 is 0 Å². The highest BCUT2D eigenvalue weighted by Gasteiger charge is 2.15. The van der Waals surface area contributed by atoms with Gasteiger partial charge in [-0.15, -0.1) is 11.3 Å². The third kappa shape index (κ3) is 4.50. The van der Waals surface area contributed by atoms with Crippen molar-refractivity contribution in [2.45, 2.75) is 26.7 Å². The van der Waals surface area contributed by atoms with E-state index in [1.807, 2.05) is 42.5 Å². The molecule has 0 saturated heterocycles. The molecule has 4 heteroatoms. The van der Waals surface area contributed by atoms with E-state index in [2.05, 4.69) is 55.6 Å². The Morgan fingerprint density at radius 1 is 0.867 bits per heavy atom. The Labute approximate surface area is 181 Å². The van der Waals surface area contributed by atoms with Crippen LogP contribution in [0.15, 0.2) is 78.9 Å². The first-order chi connectivity index (χ1) is 14.6. The van der Waals surface area contributed by atoms with Crippen LogP contribution in [-0.4, -0.2) is 10.9 Å². The molecular weight excluding hydrogens is 388 g/mol. The van der Waals surface area contributed by atoms with Crippen molar-refractivity contribution in [3.05, 3.63) is 94.9 Å². The molecule has 0 aliphatic carbocycles. The van der Waals surface area contributed by atoms with Crippen molar-refractivity contribution >= 4 is 22.4 Å². The number of aromatic nitrogens is 1. The molecule has 4 rings (SSSR count). The van der Waals surface area contributed by atoms with Gasteiger partial charge in [0.25, 0.3) is 5.91 Å². The summed E-state index contributed by atoms with van der Waals surface area (Å²) in [5.74, 6) is -0.137. The largest absolute Gasteiger partial charge is 0.298 e. The van der Waals surface area contributed by atoms with Gasteiger partial charge in [0.15, 0.2) is 5.13 Å². The van der Waals surface area contributed by atoms with Gasteiger partial charge in [0.2, 0.25) is 0 Å². The molecule has 0 atom stereocenters. The van der Waals surface area contributed by atoms with Crippen molar-refractivity contribution in [2.24, 2.45) is 0 Å². The van der Waals surface area contributed by atoms with Gasteiger partial charge in [-0.25, -0.2) is 4.98 Å². The summed E-state index contributed by atoms with van der Waals surface area (Å²) in [6, 6.07) is 26.2. The molecular formula is C26H24N2OS. The fourth-order valence-electron chi connectivity index (χ4n) is 3.35. The number of hydrogen-bond donors (Lipinski definition) is 1. The SMILES string of the molecule is CCCc1sc(NC(=O)c2ccc(-c3ccccc3)cc2)nc1-c1ccc(C)cc1. The predicted molar refractivity (Wildman–Crippen MR) is 126 cm³/mol. The van der Waals surface area contributed by atoms with Gasteiger partial charge in [-0.2, -0.15) is 0 Å². The topological polar surface area (TPSA) is 42.0 Å². The van der Waals surface area contributed by atoms with Crippen LogP contribution >= 0.6 is 11.3 Å². The molecule has 1 N–H and O–H groups in total. The van der Waals surface area contributed by atoms with Crippen molar-refractivity contribution in [1.82, 2.24) is 4.98 Å². The van der Waals surface area contributed by atoms with E-state index in [9.17, 15) is 4.79 Å². The molecule has 0 aliphatic heterocycles. The van der Waals surface area contributed by atoms with Gasteiger partial charge in [0.1, 0.15) is 0 Å². The number of carbonyl (C=O) groups is 1. The Balaban J connectivity index is 1.54. The van der Waals surface area contributed by atoms with Crippen LogP contribution in [0.3, 0.4) is 0 Å². The lowest BCUT2D eigenvalue weighted by atomic mass is 10.0. The summed E-state index contributed by atoms with van der Waals surface area (Å²) in [6.07, 6.45) is 1.98. The molecule has 1 aromatic heterocycles. The summed E-state index contributed by atoms with van der Waals surface area (Å²) in [5.41, 5.74) is 6.13. The first kappa shape index (κ1) is 20.0. The smallest absolute Gasteiger partial charge is 0.257 e. The minimum atomic E-state index is -0.137. The highest BCUT2D eigenvalue weighted by molar-refractivity contribution is 7.16. The lowest BCUT2D eigenvalue weighted by Gasteiger charge is -2.04. The molecule has 3 nitrogen and oxygen atoms in total. The average Bonchev–Trinajstić information content (AvgIpc) is 3.17. The summed E-state index contributed by atoms with van der Waals surface area (Å²) in [5, 5.41) is 3.63. The van der Waals surface area contributed by atoms with Crippen molar-refractivity contribution < 1.29 is 4.79 Å². The zero-order valence-corrected chi connectivity index (χ0v) is 18.0. The van der Waals surface area contributed by atoms with Gasteiger partial charge in [0, 0.05) is 16.0 Å². The number of thiazole rings is 1. The van der Waals surface area contributed by atoms with Crippen LogP contribution in [0.5, 0.6) is 0 Å². The number of anilines is 1. The number of hydrogen-bond acceptors (Lipinski definition) is 3. The highest BCUT2D eigenvalue weighted by atomic mass is 32.1. The number of benzene rings is 3. The van der Waals surface area contributed by atoms with E-state index >= 15 is 0 Å². The zero-order valence-electron chi connectivity index (χ0n) is 17.2. The summed E-state index contributed by atoms with van der Waals surface area (Å²) in [7, 11) is 0. The molecule has 1 heterocycles. The van der Waals surface area contributed by atoms with E-state index < -0.39 is 0 Å². The second-order valence-corrected chi connectivity index (χ2v) is 8.39. The van der Waals surface area contributed by atoms with E-state index in [4.69, 9.17) is 4.98 Å². The number of carbonyl (C=O) groups excluding carboxylic acids is 1. The lowest BCUT2D eigenvalue weighted by molar-refractivity contribution is 0.102. The lowest BCUT2D eigenvalue weighted by Crippen LogP contribution is -2.11. The van der Waals surface area contributed by atoms with Crippen LogP contribution in [0, 0.1) is 6.92 Å². The molecule has 30 heavy (non-hydrogen) atoms. The van der Waals surface area contributed by atoms with E-state index in [0.717, 1.165) is 35.2 Å². The molecule has 1 amide bonds. The van der Waals surface area contributed by atoms with Crippen LogP contribution in [0.1, 0.15) is 34.1 Å². The molecule has 0 fully saturated rings. The minimum absolute atomic E-state index is 0.137. The van der Waals surface area contributed by atoms with E-state index in [1.54, 1.807) is 11.3 Å².